The molecule has 0 aliphatic heterocycles. The first kappa shape index (κ1) is 19.5. The zero-order valence-corrected chi connectivity index (χ0v) is 17.1. The number of sulfonamides is 1. The Bertz CT molecular complexity index is 1030. The van der Waals surface area contributed by atoms with E-state index in [9.17, 15) is 21.2 Å². The number of sulfone groups is 1. The normalized spacial score (nSPS) is 15.4. The summed E-state index contributed by atoms with van der Waals surface area (Å²) in [4.78, 5) is -0.147. The second-order valence-electron chi connectivity index (χ2n) is 6.27. The van der Waals surface area contributed by atoms with E-state index in [1.165, 1.54) is 34.6 Å². The molecule has 0 spiro atoms. The summed E-state index contributed by atoms with van der Waals surface area (Å²) in [6, 6.07) is 9.48. The van der Waals surface area contributed by atoms with E-state index in [1.807, 2.05) is 0 Å². The molecule has 1 aliphatic rings. The molecule has 0 N–H and O–H groups in total. The van der Waals surface area contributed by atoms with Crippen LogP contribution in [0.3, 0.4) is 0 Å². The Morgan fingerprint density at radius 1 is 1.08 bits per heavy atom. The van der Waals surface area contributed by atoms with Crippen molar-refractivity contribution in [3.8, 4) is 0 Å². The lowest BCUT2D eigenvalue weighted by molar-refractivity contribution is 0.398. The number of hydrogen-bond donors (Lipinski definition) is 0. The summed E-state index contributed by atoms with van der Waals surface area (Å²) in [5, 5.41) is 0. The molecule has 0 amide bonds. The minimum absolute atomic E-state index is 0.0585. The molecule has 0 saturated heterocycles. The topological polar surface area (TPSA) is 71.5 Å². The second kappa shape index (κ2) is 7.03. The van der Waals surface area contributed by atoms with E-state index in [0.717, 1.165) is 19.1 Å². The molecule has 2 aromatic carbocycles. The van der Waals surface area contributed by atoms with Gasteiger partial charge in [-0.25, -0.2) is 21.2 Å². The molecule has 0 atom stereocenters. The first-order valence-corrected chi connectivity index (χ1v) is 12.0. The Kier molecular flexibility index (Phi) is 5.26. The average Bonchev–Trinajstić information content (AvgIpc) is 3.38. The van der Waals surface area contributed by atoms with Gasteiger partial charge >= 0.3 is 0 Å². The molecule has 26 heavy (non-hydrogen) atoms. The van der Waals surface area contributed by atoms with Gasteiger partial charge in [0, 0.05) is 23.3 Å². The van der Waals surface area contributed by atoms with Crippen molar-refractivity contribution in [2.45, 2.75) is 35.2 Å². The number of nitrogens with zero attached hydrogens (tertiary/aromatic N) is 1. The predicted octanol–water partition coefficient (Wildman–Crippen LogP) is 3.35. The minimum atomic E-state index is -3.93. The van der Waals surface area contributed by atoms with Crippen molar-refractivity contribution in [2.75, 3.05) is 6.26 Å². The van der Waals surface area contributed by atoms with E-state index >= 15 is 0 Å². The summed E-state index contributed by atoms with van der Waals surface area (Å²) in [6.45, 7) is 0.100. The molecule has 9 heteroatoms. The van der Waals surface area contributed by atoms with Crippen molar-refractivity contribution >= 4 is 35.8 Å². The number of halogens is 2. The molecule has 1 fully saturated rings. The van der Waals surface area contributed by atoms with Crippen molar-refractivity contribution in [3.63, 3.8) is 0 Å². The highest BCUT2D eigenvalue weighted by atomic mass is 79.9. The van der Waals surface area contributed by atoms with Crippen LogP contribution < -0.4 is 0 Å². The fourth-order valence-electron chi connectivity index (χ4n) is 2.58. The molecule has 1 aliphatic carbocycles. The fraction of sp³-hybridized carbons (Fsp3) is 0.294. The third-order valence-corrected chi connectivity index (χ3v) is 8.13. The second-order valence-corrected chi connectivity index (χ2v) is 11.0. The zero-order chi connectivity index (χ0) is 19.1. The molecule has 5 nitrogen and oxygen atoms in total. The van der Waals surface area contributed by atoms with Gasteiger partial charge < -0.3 is 0 Å². The van der Waals surface area contributed by atoms with Crippen LogP contribution in [0.5, 0.6) is 0 Å². The first-order chi connectivity index (χ1) is 12.1. The third kappa shape index (κ3) is 4.16. The van der Waals surface area contributed by atoms with Crippen LogP contribution in [-0.2, 0) is 26.4 Å². The van der Waals surface area contributed by atoms with Gasteiger partial charge in [0.25, 0.3) is 0 Å². The lowest BCUT2D eigenvalue weighted by atomic mass is 10.2. The smallest absolute Gasteiger partial charge is 0.224 e. The highest BCUT2D eigenvalue weighted by Gasteiger charge is 2.39. The van der Waals surface area contributed by atoms with E-state index in [0.29, 0.717) is 10.0 Å². The predicted molar refractivity (Wildman–Crippen MR) is 99.4 cm³/mol. The Labute approximate surface area is 160 Å². The van der Waals surface area contributed by atoms with Gasteiger partial charge in [0.2, 0.25) is 10.0 Å². The maximum atomic E-state index is 13.2. The van der Waals surface area contributed by atoms with Crippen LogP contribution in [0.15, 0.2) is 56.7 Å². The van der Waals surface area contributed by atoms with Crippen LogP contribution in [0.2, 0.25) is 0 Å². The van der Waals surface area contributed by atoms with Crippen molar-refractivity contribution in [2.24, 2.45) is 0 Å². The number of benzene rings is 2. The summed E-state index contributed by atoms with van der Waals surface area (Å²) in [5.74, 6) is -0.391. The molecule has 0 radical (unpaired) electrons. The van der Waals surface area contributed by atoms with Gasteiger partial charge in [-0.15, -0.1) is 0 Å². The zero-order valence-electron chi connectivity index (χ0n) is 13.9. The van der Waals surface area contributed by atoms with Crippen LogP contribution in [0.25, 0.3) is 0 Å². The molecule has 1 saturated carbocycles. The summed E-state index contributed by atoms with van der Waals surface area (Å²) in [7, 11) is -7.47. The van der Waals surface area contributed by atoms with Gasteiger partial charge in [0.05, 0.1) is 9.79 Å². The first-order valence-electron chi connectivity index (χ1n) is 7.85. The summed E-state index contributed by atoms with van der Waals surface area (Å²) in [5.41, 5.74) is 0.664. The Morgan fingerprint density at radius 2 is 1.69 bits per heavy atom. The summed E-state index contributed by atoms with van der Waals surface area (Å²) in [6.07, 6.45) is 2.51. The molecule has 140 valence electrons. The van der Waals surface area contributed by atoms with E-state index in [4.69, 9.17) is 0 Å². The lowest BCUT2D eigenvalue weighted by Crippen LogP contribution is -2.33. The molecule has 3 rings (SSSR count). The molecular formula is C17H17BrFNO4S2. The van der Waals surface area contributed by atoms with Gasteiger partial charge in [0.1, 0.15) is 5.82 Å². The van der Waals surface area contributed by atoms with E-state index in [2.05, 4.69) is 15.9 Å². The monoisotopic (exact) mass is 461 g/mol. The number of hydrogen-bond acceptors (Lipinski definition) is 4. The van der Waals surface area contributed by atoms with Gasteiger partial charge in [-0.1, -0.05) is 12.1 Å². The number of rotatable bonds is 6. The van der Waals surface area contributed by atoms with Crippen LogP contribution in [0.4, 0.5) is 4.39 Å². The fourth-order valence-corrected chi connectivity index (χ4v) is 5.93. The molecule has 0 bridgehead atoms. The summed E-state index contributed by atoms with van der Waals surface area (Å²) >= 11 is 3.22. The van der Waals surface area contributed by atoms with Crippen LogP contribution in [0, 0.1) is 5.82 Å². The molecular weight excluding hydrogens is 445 g/mol. The largest absolute Gasteiger partial charge is 0.244 e. The van der Waals surface area contributed by atoms with Gasteiger partial charge in [-0.05, 0) is 64.7 Å². The standard InChI is InChI=1S/C17H17BrFNO4S2/c1-25(21,22)15-8-9-16(18)17(10-15)26(23,24)20(14-6-7-14)11-12-2-4-13(19)5-3-12/h2-5,8-10,14H,6-7,11H2,1H3. The maximum Gasteiger partial charge on any atom is 0.244 e. The van der Waals surface area contributed by atoms with Gasteiger partial charge in [-0.2, -0.15) is 4.31 Å². The minimum Gasteiger partial charge on any atom is -0.224 e. The van der Waals surface area contributed by atoms with Crippen molar-refractivity contribution in [1.82, 2.24) is 4.31 Å². The van der Waals surface area contributed by atoms with E-state index < -0.39 is 25.7 Å². The van der Waals surface area contributed by atoms with Gasteiger partial charge in [-0.3, -0.25) is 0 Å². The Balaban J connectivity index is 2.02. The van der Waals surface area contributed by atoms with Crippen molar-refractivity contribution in [3.05, 3.63) is 58.3 Å². The molecule has 0 heterocycles. The lowest BCUT2D eigenvalue weighted by Gasteiger charge is -2.23. The molecule has 0 unspecified atom stereocenters. The Morgan fingerprint density at radius 3 is 2.23 bits per heavy atom. The van der Waals surface area contributed by atoms with Crippen LogP contribution >= 0.6 is 15.9 Å². The average molecular weight is 462 g/mol. The van der Waals surface area contributed by atoms with Crippen molar-refractivity contribution in [1.29, 1.82) is 0 Å². The van der Waals surface area contributed by atoms with Crippen molar-refractivity contribution < 1.29 is 21.2 Å². The molecule has 2 aromatic rings. The summed E-state index contributed by atoms with van der Waals surface area (Å²) < 4.78 is 64.8. The highest BCUT2D eigenvalue weighted by molar-refractivity contribution is 9.10. The Hall–Kier alpha value is -1.29. The van der Waals surface area contributed by atoms with Crippen LogP contribution in [0.1, 0.15) is 18.4 Å². The van der Waals surface area contributed by atoms with Gasteiger partial charge in [0.15, 0.2) is 9.84 Å². The molecule has 0 aromatic heterocycles. The highest BCUT2D eigenvalue weighted by Crippen LogP contribution is 2.36. The maximum absolute atomic E-state index is 13.2. The van der Waals surface area contributed by atoms with E-state index in [-0.39, 0.29) is 22.4 Å². The third-order valence-electron chi connectivity index (χ3n) is 4.12. The SMILES string of the molecule is CS(=O)(=O)c1ccc(Br)c(S(=O)(=O)N(Cc2ccc(F)cc2)C2CC2)c1. The van der Waals surface area contributed by atoms with E-state index in [1.54, 1.807) is 12.1 Å². The quantitative estimate of drug-likeness (QED) is 0.660. The van der Waals surface area contributed by atoms with Crippen LogP contribution in [-0.4, -0.2) is 33.4 Å².